The second-order valence-corrected chi connectivity index (χ2v) is 8.25. The largest absolute Gasteiger partial charge is 0.480 e. The number of hydrogen-bond donors (Lipinski definition) is 2. The second kappa shape index (κ2) is 9.85. The summed E-state index contributed by atoms with van der Waals surface area (Å²) in [6, 6.07) is 16.1. The molecule has 0 spiro atoms. The van der Waals surface area contributed by atoms with Gasteiger partial charge in [0.05, 0.1) is 0 Å². The summed E-state index contributed by atoms with van der Waals surface area (Å²) in [6.07, 6.45) is 0.311. The number of aliphatic carboxylic acids is 1. The van der Waals surface area contributed by atoms with E-state index in [0.29, 0.717) is 12.8 Å². The molecule has 0 bridgehead atoms. The van der Waals surface area contributed by atoms with E-state index in [9.17, 15) is 14.4 Å². The molecule has 3 rings (SSSR count). The molecule has 0 heterocycles. The lowest BCUT2D eigenvalue weighted by atomic mass is 9.94. The van der Waals surface area contributed by atoms with Gasteiger partial charge in [-0.1, -0.05) is 61.9 Å². The Morgan fingerprint density at radius 3 is 2.09 bits per heavy atom. The molecule has 1 atom stereocenters. The van der Waals surface area contributed by atoms with Crippen LogP contribution in [0, 0.1) is 0 Å². The maximum atomic E-state index is 13.0. The molecular weight excluding hydrogens is 408 g/mol. The lowest BCUT2D eigenvalue weighted by Gasteiger charge is -2.33. The molecule has 0 radical (unpaired) electrons. The Labute approximate surface area is 188 Å². The summed E-state index contributed by atoms with van der Waals surface area (Å²) in [5.74, 6) is -1.61. The normalized spacial score (nSPS) is 14.1. The molecule has 0 aliphatic heterocycles. The van der Waals surface area contributed by atoms with Crippen molar-refractivity contribution in [1.82, 2.24) is 10.2 Å². The molecule has 170 valence electrons. The van der Waals surface area contributed by atoms with Gasteiger partial charge in [0, 0.05) is 12.5 Å². The van der Waals surface area contributed by atoms with Crippen LogP contribution in [0.1, 0.15) is 50.7 Å². The number of carbonyl (C=O) groups excluding carboxylic acids is 2. The maximum absolute atomic E-state index is 13.0. The van der Waals surface area contributed by atoms with Gasteiger partial charge < -0.3 is 20.1 Å². The third-order valence-electron chi connectivity index (χ3n) is 5.94. The smallest absolute Gasteiger partial charge is 0.408 e. The third kappa shape index (κ3) is 4.77. The first-order valence-electron chi connectivity index (χ1n) is 10.9. The van der Waals surface area contributed by atoms with Crippen molar-refractivity contribution in [2.45, 2.75) is 45.1 Å². The van der Waals surface area contributed by atoms with Gasteiger partial charge in [-0.25, -0.2) is 4.79 Å². The van der Waals surface area contributed by atoms with Gasteiger partial charge in [-0.15, -0.1) is 0 Å². The number of hydrogen-bond acceptors (Lipinski definition) is 4. The van der Waals surface area contributed by atoms with Crippen molar-refractivity contribution in [3.63, 3.8) is 0 Å². The number of likely N-dealkylation sites (N-methyl/N-ethyl adjacent to an activating group) is 1. The Bertz CT molecular complexity index is 960. The van der Waals surface area contributed by atoms with Crippen molar-refractivity contribution in [3.8, 4) is 11.1 Å². The van der Waals surface area contributed by atoms with Crippen LogP contribution in [-0.2, 0) is 14.3 Å². The first-order valence-corrected chi connectivity index (χ1v) is 10.9. The van der Waals surface area contributed by atoms with Gasteiger partial charge in [-0.3, -0.25) is 9.59 Å². The zero-order valence-electron chi connectivity index (χ0n) is 18.8. The van der Waals surface area contributed by atoms with Gasteiger partial charge in [-0.2, -0.15) is 0 Å². The van der Waals surface area contributed by atoms with E-state index in [1.807, 2.05) is 43.3 Å². The molecule has 0 saturated carbocycles. The molecule has 7 nitrogen and oxygen atoms in total. The van der Waals surface area contributed by atoms with E-state index in [1.54, 1.807) is 13.8 Å². The van der Waals surface area contributed by atoms with Crippen LogP contribution >= 0.6 is 0 Å². The van der Waals surface area contributed by atoms with Crippen molar-refractivity contribution in [2.24, 2.45) is 0 Å². The predicted molar refractivity (Wildman–Crippen MR) is 121 cm³/mol. The van der Waals surface area contributed by atoms with Gasteiger partial charge in [0.25, 0.3) is 0 Å². The zero-order chi connectivity index (χ0) is 23.3. The molecule has 1 aliphatic carbocycles. The van der Waals surface area contributed by atoms with E-state index in [4.69, 9.17) is 9.84 Å². The standard InChI is InChI=1S/C25H30N2O5/c1-4-14-25(3,23(30)27(5-2)15-22(28)29)26-24(31)32-16-21-19-12-8-6-10-17(19)18-11-7-9-13-20(18)21/h6-13,21H,4-5,14-16H2,1-3H3,(H,26,31)(H,28,29). The Morgan fingerprint density at radius 2 is 1.59 bits per heavy atom. The average molecular weight is 439 g/mol. The monoisotopic (exact) mass is 438 g/mol. The van der Waals surface area contributed by atoms with Crippen LogP contribution in [-0.4, -0.2) is 53.2 Å². The Balaban J connectivity index is 1.72. The molecule has 0 aromatic heterocycles. The van der Waals surface area contributed by atoms with E-state index in [-0.39, 0.29) is 19.1 Å². The van der Waals surface area contributed by atoms with Gasteiger partial charge in [0.15, 0.2) is 0 Å². The van der Waals surface area contributed by atoms with E-state index in [2.05, 4.69) is 17.4 Å². The molecule has 2 aromatic carbocycles. The number of nitrogens with one attached hydrogen (secondary N) is 1. The topological polar surface area (TPSA) is 95.9 Å². The number of nitrogens with zero attached hydrogens (tertiary/aromatic N) is 1. The predicted octanol–water partition coefficient (Wildman–Crippen LogP) is 4.02. The number of fused-ring (bicyclic) bond motifs is 3. The third-order valence-corrected chi connectivity index (χ3v) is 5.94. The lowest BCUT2D eigenvalue weighted by molar-refractivity contribution is -0.147. The second-order valence-electron chi connectivity index (χ2n) is 8.25. The van der Waals surface area contributed by atoms with Crippen LogP contribution in [0.25, 0.3) is 11.1 Å². The van der Waals surface area contributed by atoms with Crippen molar-refractivity contribution >= 4 is 18.0 Å². The van der Waals surface area contributed by atoms with E-state index in [0.717, 1.165) is 22.3 Å². The molecule has 32 heavy (non-hydrogen) atoms. The molecule has 1 aliphatic rings. The van der Waals surface area contributed by atoms with Gasteiger partial charge in [0.1, 0.15) is 18.7 Å². The van der Waals surface area contributed by atoms with Crippen molar-refractivity contribution < 1.29 is 24.2 Å². The van der Waals surface area contributed by atoms with Crippen molar-refractivity contribution in [3.05, 3.63) is 59.7 Å². The molecule has 7 heteroatoms. The first-order chi connectivity index (χ1) is 15.3. The van der Waals surface area contributed by atoms with Crippen LogP contribution in [0.2, 0.25) is 0 Å². The van der Waals surface area contributed by atoms with E-state index >= 15 is 0 Å². The quantitative estimate of drug-likeness (QED) is 0.617. The Morgan fingerprint density at radius 1 is 1.03 bits per heavy atom. The molecular formula is C25H30N2O5. The molecule has 1 unspecified atom stereocenters. The number of carbonyl (C=O) groups is 3. The summed E-state index contributed by atoms with van der Waals surface area (Å²) < 4.78 is 5.59. The van der Waals surface area contributed by atoms with Gasteiger partial charge >= 0.3 is 12.1 Å². The Hall–Kier alpha value is -3.35. The van der Waals surface area contributed by atoms with Crippen LogP contribution in [0.4, 0.5) is 4.79 Å². The summed E-state index contributed by atoms with van der Waals surface area (Å²) in [4.78, 5) is 38.1. The highest BCUT2D eigenvalue weighted by molar-refractivity contribution is 5.91. The fourth-order valence-corrected chi connectivity index (χ4v) is 4.42. The molecule has 2 amide bonds. The summed E-state index contributed by atoms with van der Waals surface area (Å²) >= 11 is 0. The highest BCUT2D eigenvalue weighted by Gasteiger charge is 2.38. The highest BCUT2D eigenvalue weighted by Crippen LogP contribution is 2.44. The molecule has 0 saturated heterocycles. The summed E-state index contributed by atoms with van der Waals surface area (Å²) in [5.41, 5.74) is 3.23. The minimum atomic E-state index is -1.25. The minimum absolute atomic E-state index is 0.0829. The van der Waals surface area contributed by atoms with Crippen LogP contribution < -0.4 is 5.32 Å². The van der Waals surface area contributed by atoms with E-state index < -0.39 is 30.1 Å². The maximum Gasteiger partial charge on any atom is 0.408 e. The highest BCUT2D eigenvalue weighted by atomic mass is 16.5. The average Bonchev–Trinajstić information content (AvgIpc) is 3.09. The number of carboxylic acids is 1. The number of carboxylic acid groups (broad SMARTS) is 1. The SMILES string of the molecule is CCCC(C)(NC(=O)OCC1c2ccccc2-c2ccccc21)C(=O)N(CC)CC(=O)O. The molecule has 2 N–H and O–H groups in total. The zero-order valence-corrected chi connectivity index (χ0v) is 18.8. The first kappa shape index (κ1) is 23.3. The van der Waals surface area contributed by atoms with Crippen molar-refractivity contribution in [1.29, 1.82) is 0 Å². The van der Waals surface area contributed by atoms with Crippen LogP contribution in [0.3, 0.4) is 0 Å². The number of benzene rings is 2. The number of rotatable bonds is 9. The molecule has 0 fully saturated rings. The van der Waals surface area contributed by atoms with E-state index in [1.165, 1.54) is 4.90 Å². The van der Waals surface area contributed by atoms with Crippen LogP contribution in [0.5, 0.6) is 0 Å². The Kier molecular flexibility index (Phi) is 7.18. The number of ether oxygens (including phenoxy) is 1. The summed E-state index contributed by atoms with van der Waals surface area (Å²) in [7, 11) is 0. The lowest BCUT2D eigenvalue weighted by Crippen LogP contribution is -2.58. The number of amides is 2. The minimum Gasteiger partial charge on any atom is -0.480 e. The fraction of sp³-hybridized carbons (Fsp3) is 0.400. The van der Waals surface area contributed by atoms with Crippen LogP contribution in [0.15, 0.2) is 48.5 Å². The fourth-order valence-electron chi connectivity index (χ4n) is 4.42. The van der Waals surface area contributed by atoms with Gasteiger partial charge in [-0.05, 0) is 42.5 Å². The summed E-state index contributed by atoms with van der Waals surface area (Å²) in [5, 5.41) is 11.8. The van der Waals surface area contributed by atoms with Gasteiger partial charge in [0.2, 0.25) is 5.91 Å². The number of alkyl carbamates (subject to hydrolysis) is 1. The summed E-state index contributed by atoms with van der Waals surface area (Å²) in [6.45, 7) is 5.18. The molecule has 2 aromatic rings. The van der Waals surface area contributed by atoms with Crippen molar-refractivity contribution in [2.75, 3.05) is 19.7 Å².